The van der Waals surface area contributed by atoms with E-state index in [0.29, 0.717) is 18.5 Å². The topological polar surface area (TPSA) is 81.4 Å². The molecular weight excluding hydrogens is 232 g/mol. The van der Waals surface area contributed by atoms with Gasteiger partial charge in [-0.2, -0.15) is 0 Å². The number of carbonyl (C=O) groups is 2. The van der Waals surface area contributed by atoms with E-state index in [2.05, 4.69) is 10.1 Å². The van der Waals surface area contributed by atoms with Gasteiger partial charge in [0.25, 0.3) is 5.91 Å². The highest BCUT2D eigenvalue weighted by molar-refractivity contribution is 5.97. The van der Waals surface area contributed by atoms with Gasteiger partial charge in [-0.1, -0.05) is 18.2 Å². The third-order valence-corrected chi connectivity index (χ3v) is 2.58. The van der Waals surface area contributed by atoms with E-state index in [1.54, 1.807) is 19.1 Å². The van der Waals surface area contributed by atoms with Crippen LogP contribution in [0.4, 0.5) is 0 Å². The van der Waals surface area contributed by atoms with Gasteiger partial charge in [-0.15, -0.1) is 0 Å². The van der Waals surface area contributed by atoms with Crippen molar-refractivity contribution in [3.63, 3.8) is 0 Å². The maximum Gasteiger partial charge on any atom is 0.328 e. The van der Waals surface area contributed by atoms with Crippen LogP contribution in [0.25, 0.3) is 0 Å². The Morgan fingerprint density at radius 1 is 1.39 bits per heavy atom. The monoisotopic (exact) mass is 250 g/mol. The summed E-state index contributed by atoms with van der Waals surface area (Å²) in [5.41, 5.74) is 6.91. The van der Waals surface area contributed by atoms with Crippen molar-refractivity contribution < 1.29 is 14.3 Å². The molecule has 1 aromatic rings. The first-order valence-electron chi connectivity index (χ1n) is 5.76. The van der Waals surface area contributed by atoms with Crippen LogP contribution in [0.2, 0.25) is 0 Å². The molecule has 1 rings (SSSR count). The Labute approximate surface area is 106 Å². The molecule has 3 N–H and O–H groups in total. The molecule has 0 bridgehead atoms. The average molecular weight is 250 g/mol. The fraction of sp³-hybridized carbons (Fsp3) is 0.385. The van der Waals surface area contributed by atoms with Gasteiger partial charge in [0.05, 0.1) is 7.11 Å². The number of nitrogens with one attached hydrogen (secondary N) is 1. The molecule has 0 radical (unpaired) electrons. The highest BCUT2D eigenvalue weighted by Crippen LogP contribution is 2.09. The molecule has 1 amide bonds. The number of rotatable bonds is 5. The van der Waals surface area contributed by atoms with Crippen LogP contribution in [0.3, 0.4) is 0 Å². The van der Waals surface area contributed by atoms with E-state index in [-0.39, 0.29) is 5.91 Å². The highest BCUT2D eigenvalue weighted by atomic mass is 16.5. The number of nitrogens with two attached hydrogens (primary N) is 1. The quantitative estimate of drug-likeness (QED) is 0.745. The number of benzene rings is 1. The fourth-order valence-corrected chi connectivity index (χ4v) is 1.63. The van der Waals surface area contributed by atoms with Crippen LogP contribution in [0.1, 0.15) is 22.8 Å². The minimum atomic E-state index is -0.673. The van der Waals surface area contributed by atoms with Gasteiger partial charge in [-0.25, -0.2) is 4.79 Å². The van der Waals surface area contributed by atoms with Gasteiger partial charge in [0.2, 0.25) is 0 Å². The van der Waals surface area contributed by atoms with Gasteiger partial charge in [-0.05, 0) is 31.5 Å². The summed E-state index contributed by atoms with van der Waals surface area (Å²) in [6, 6.07) is 6.52. The molecule has 1 atom stereocenters. The Balaban J connectivity index is 2.81. The van der Waals surface area contributed by atoms with E-state index in [4.69, 9.17) is 5.73 Å². The van der Waals surface area contributed by atoms with Crippen LogP contribution in [0.5, 0.6) is 0 Å². The normalized spacial score (nSPS) is 11.7. The Hall–Kier alpha value is -1.88. The molecule has 0 spiro atoms. The third-order valence-electron chi connectivity index (χ3n) is 2.58. The maximum absolute atomic E-state index is 12.0. The van der Waals surface area contributed by atoms with Crippen molar-refractivity contribution in [2.45, 2.75) is 19.4 Å². The second-order valence-electron chi connectivity index (χ2n) is 3.91. The lowest BCUT2D eigenvalue weighted by molar-refractivity contribution is -0.142. The van der Waals surface area contributed by atoms with Crippen molar-refractivity contribution in [2.75, 3.05) is 13.7 Å². The SMILES string of the molecule is COC(=O)[C@H](C)NC(=O)c1ccccc1CCN. The van der Waals surface area contributed by atoms with Crippen molar-refractivity contribution in [3.8, 4) is 0 Å². The summed E-state index contributed by atoms with van der Waals surface area (Å²) in [6.45, 7) is 2.05. The molecule has 0 saturated heterocycles. The van der Waals surface area contributed by atoms with E-state index in [9.17, 15) is 9.59 Å². The van der Waals surface area contributed by atoms with Gasteiger partial charge < -0.3 is 15.8 Å². The molecular formula is C13H18N2O3. The van der Waals surface area contributed by atoms with Crippen LogP contribution >= 0.6 is 0 Å². The second kappa shape index (κ2) is 6.76. The molecule has 18 heavy (non-hydrogen) atoms. The summed E-state index contributed by atoms with van der Waals surface area (Å²) in [6.07, 6.45) is 0.621. The lowest BCUT2D eigenvalue weighted by Gasteiger charge is -2.13. The van der Waals surface area contributed by atoms with Crippen molar-refractivity contribution in [2.24, 2.45) is 5.73 Å². The van der Waals surface area contributed by atoms with E-state index < -0.39 is 12.0 Å². The standard InChI is InChI=1S/C13H18N2O3/c1-9(13(17)18-2)15-12(16)11-6-4-3-5-10(11)7-8-14/h3-6,9H,7-8,14H2,1-2H3,(H,15,16)/t9-/m0/s1. The minimum absolute atomic E-state index is 0.294. The molecule has 0 aliphatic rings. The van der Waals surface area contributed by atoms with E-state index in [0.717, 1.165) is 5.56 Å². The van der Waals surface area contributed by atoms with E-state index >= 15 is 0 Å². The first-order valence-corrected chi connectivity index (χ1v) is 5.76. The molecule has 0 fully saturated rings. The first-order chi connectivity index (χ1) is 8.60. The van der Waals surface area contributed by atoms with Crippen LogP contribution in [0, 0.1) is 0 Å². The minimum Gasteiger partial charge on any atom is -0.467 e. The lowest BCUT2D eigenvalue weighted by Crippen LogP contribution is -2.39. The zero-order valence-electron chi connectivity index (χ0n) is 10.6. The molecule has 0 unspecified atom stereocenters. The van der Waals surface area contributed by atoms with Gasteiger partial charge >= 0.3 is 5.97 Å². The molecule has 0 aromatic heterocycles. The Morgan fingerprint density at radius 3 is 2.67 bits per heavy atom. The van der Waals surface area contributed by atoms with Crippen LogP contribution in [0.15, 0.2) is 24.3 Å². The van der Waals surface area contributed by atoms with Crippen molar-refractivity contribution in [1.29, 1.82) is 0 Å². The number of hydrogen-bond acceptors (Lipinski definition) is 4. The lowest BCUT2D eigenvalue weighted by atomic mass is 10.0. The maximum atomic E-state index is 12.0. The average Bonchev–Trinajstić information content (AvgIpc) is 2.38. The molecule has 0 saturated carbocycles. The Morgan fingerprint density at radius 2 is 2.06 bits per heavy atom. The van der Waals surface area contributed by atoms with Crippen LogP contribution < -0.4 is 11.1 Å². The molecule has 5 nitrogen and oxygen atoms in total. The van der Waals surface area contributed by atoms with E-state index in [1.807, 2.05) is 12.1 Å². The number of carbonyl (C=O) groups excluding carboxylic acids is 2. The summed E-state index contributed by atoms with van der Waals surface area (Å²) in [7, 11) is 1.29. The number of methoxy groups -OCH3 is 1. The highest BCUT2D eigenvalue weighted by Gasteiger charge is 2.18. The zero-order chi connectivity index (χ0) is 13.5. The molecule has 98 valence electrons. The molecule has 0 heterocycles. The summed E-state index contributed by atoms with van der Waals surface area (Å²) in [5.74, 6) is -0.767. The largest absolute Gasteiger partial charge is 0.467 e. The smallest absolute Gasteiger partial charge is 0.328 e. The fourth-order valence-electron chi connectivity index (χ4n) is 1.63. The third kappa shape index (κ3) is 3.56. The van der Waals surface area contributed by atoms with Crippen LogP contribution in [-0.4, -0.2) is 31.6 Å². The number of amides is 1. The van der Waals surface area contributed by atoms with Crippen LogP contribution in [-0.2, 0) is 16.0 Å². The zero-order valence-corrected chi connectivity index (χ0v) is 10.6. The van der Waals surface area contributed by atoms with Crippen molar-refractivity contribution in [3.05, 3.63) is 35.4 Å². The second-order valence-corrected chi connectivity index (χ2v) is 3.91. The Kier molecular flexibility index (Phi) is 5.32. The van der Waals surface area contributed by atoms with Crippen molar-refractivity contribution in [1.82, 2.24) is 5.32 Å². The van der Waals surface area contributed by atoms with Gasteiger partial charge in [0, 0.05) is 5.56 Å². The number of ether oxygens (including phenoxy) is 1. The van der Waals surface area contributed by atoms with Gasteiger partial charge in [-0.3, -0.25) is 4.79 Å². The van der Waals surface area contributed by atoms with Gasteiger partial charge in [0.15, 0.2) is 0 Å². The summed E-state index contributed by atoms with van der Waals surface area (Å²) in [5, 5.41) is 2.59. The summed E-state index contributed by atoms with van der Waals surface area (Å²) < 4.78 is 4.55. The summed E-state index contributed by atoms with van der Waals surface area (Å²) in [4.78, 5) is 23.2. The van der Waals surface area contributed by atoms with E-state index in [1.165, 1.54) is 7.11 Å². The van der Waals surface area contributed by atoms with Crippen molar-refractivity contribution >= 4 is 11.9 Å². The number of esters is 1. The first kappa shape index (κ1) is 14.2. The summed E-state index contributed by atoms with van der Waals surface area (Å²) >= 11 is 0. The number of hydrogen-bond donors (Lipinski definition) is 2. The Bertz CT molecular complexity index is 432. The predicted molar refractivity (Wildman–Crippen MR) is 68.1 cm³/mol. The molecule has 0 aliphatic carbocycles. The van der Waals surface area contributed by atoms with Gasteiger partial charge in [0.1, 0.15) is 6.04 Å². The molecule has 0 aliphatic heterocycles. The molecule has 5 heteroatoms. The predicted octanol–water partition coefficient (Wildman–Crippen LogP) is 0.479. The molecule has 1 aromatic carbocycles.